The quantitative estimate of drug-likeness (QED) is 0.671. The van der Waals surface area contributed by atoms with Crippen LogP contribution in [-0.4, -0.2) is 28.4 Å². The van der Waals surface area contributed by atoms with Crippen LogP contribution in [0, 0.1) is 0 Å². The molecule has 0 aliphatic carbocycles. The zero-order valence-corrected chi connectivity index (χ0v) is 16.7. The normalized spacial score (nSPS) is 16.4. The average Bonchev–Trinajstić information content (AvgIpc) is 3.04. The molecule has 2 aromatic rings. The van der Waals surface area contributed by atoms with Crippen LogP contribution in [-0.2, 0) is 14.8 Å². The van der Waals surface area contributed by atoms with Crippen LogP contribution in [0.5, 0.6) is 5.75 Å². The Balaban J connectivity index is 1.99. The van der Waals surface area contributed by atoms with Gasteiger partial charge in [0, 0.05) is 18.9 Å². The second-order valence-corrected chi connectivity index (χ2v) is 8.99. The summed E-state index contributed by atoms with van der Waals surface area (Å²) in [6, 6.07) is 12.5. The molecule has 0 saturated carbocycles. The first-order chi connectivity index (χ1) is 12.9. The Hall–Kier alpha value is -2.34. The van der Waals surface area contributed by atoms with E-state index < -0.39 is 10.0 Å². The van der Waals surface area contributed by atoms with Crippen molar-refractivity contribution < 1.29 is 17.9 Å². The van der Waals surface area contributed by atoms with E-state index in [1.165, 1.54) is 4.31 Å². The van der Waals surface area contributed by atoms with E-state index in [9.17, 15) is 13.2 Å². The minimum Gasteiger partial charge on any atom is -0.497 e. The fourth-order valence-electron chi connectivity index (χ4n) is 3.51. The lowest BCUT2D eigenvalue weighted by molar-refractivity contribution is -0.108. The maximum Gasteiger partial charge on any atom is 0.264 e. The smallest absolute Gasteiger partial charge is 0.264 e. The van der Waals surface area contributed by atoms with Gasteiger partial charge in [0.2, 0.25) is 0 Å². The van der Waals surface area contributed by atoms with Crippen molar-refractivity contribution in [1.29, 1.82) is 0 Å². The van der Waals surface area contributed by atoms with Crippen molar-refractivity contribution in [3.63, 3.8) is 0 Å². The van der Waals surface area contributed by atoms with E-state index in [0.717, 1.165) is 17.4 Å². The lowest BCUT2D eigenvalue weighted by atomic mass is 9.96. The van der Waals surface area contributed by atoms with Crippen LogP contribution in [0.2, 0.25) is 0 Å². The van der Waals surface area contributed by atoms with Crippen molar-refractivity contribution in [3.05, 3.63) is 53.6 Å². The molecule has 0 spiro atoms. The van der Waals surface area contributed by atoms with E-state index in [4.69, 9.17) is 4.74 Å². The molecule has 0 bridgehead atoms. The molecule has 0 fully saturated rings. The summed E-state index contributed by atoms with van der Waals surface area (Å²) in [5.41, 5.74) is 2.68. The maximum absolute atomic E-state index is 13.3. The molecule has 0 aromatic heterocycles. The summed E-state index contributed by atoms with van der Waals surface area (Å²) >= 11 is 0. The number of fused-ring (bicyclic) bond motifs is 1. The van der Waals surface area contributed by atoms with Crippen LogP contribution in [0.15, 0.2) is 47.4 Å². The third-order valence-electron chi connectivity index (χ3n) is 5.10. The largest absolute Gasteiger partial charge is 0.497 e. The van der Waals surface area contributed by atoms with Crippen molar-refractivity contribution in [2.24, 2.45) is 0 Å². The highest BCUT2D eigenvalue weighted by molar-refractivity contribution is 7.92. The second kappa shape index (κ2) is 7.72. The van der Waals surface area contributed by atoms with Crippen LogP contribution in [0.3, 0.4) is 0 Å². The molecule has 2 aromatic carbocycles. The highest BCUT2D eigenvalue weighted by Gasteiger charge is 2.36. The van der Waals surface area contributed by atoms with Crippen LogP contribution < -0.4 is 9.04 Å². The number of carbonyl (C=O) groups excluding carboxylic acids is 1. The van der Waals surface area contributed by atoms with Crippen LogP contribution in [0.25, 0.3) is 0 Å². The number of ether oxygens (including phenoxy) is 1. The summed E-state index contributed by atoms with van der Waals surface area (Å²) in [5.74, 6) is 1.00. The highest BCUT2D eigenvalue weighted by Crippen LogP contribution is 2.43. The first-order valence-corrected chi connectivity index (χ1v) is 10.6. The second-order valence-electron chi connectivity index (χ2n) is 7.13. The fraction of sp³-hybridized carbons (Fsp3) is 0.381. The van der Waals surface area contributed by atoms with Crippen molar-refractivity contribution in [2.45, 2.75) is 43.4 Å². The molecule has 0 N–H and O–H groups in total. The van der Waals surface area contributed by atoms with Crippen molar-refractivity contribution in [3.8, 4) is 5.75 Å². The first kappa shape index (κ1) is 19.4. The number of hydrogen-bond donors (Lipinski definition) is 0. The van der Waals surface area contributed by atoms with Gasteiger partial charge in [-0.1, -0.05) is 26.0 Å². The molecule has 27 heavy (non-hydrogen) atoms. The van der Waals surface area contributed by atoms with Gasteiger partial charge in [0.15, 0.2) is 0 Å². The zero-order valence-electron chi connectivity index (χ0n) is 15.9. The van der Waals surface area contributed by atoms with Gasteiger partial charge >= 0.3 is 0 Å². The van der Waals surface area contributed by atoms with Gasteiger partial charge in [0.25, 0.3) is 10.0 Å². The Labute approximate surface area is 161 Å². The Morgan fingerprint density at radius 3 is 2.48 bits per heavy atom. The van der Waals surface area contributed by atoms with Gasteiger partial charge in [-0.05, 0) is 53.8 Å². The molecule has 3 rings (SSSR count). The van der Waals surface area contributed by atoms with Crippen molar-refractivity contribution >= 4 is 22.0 Å². The molecule has 144 valence electrons. The highest BCUT2D eigenvalue weighted by atomic mass is 32.2. The number of carbonyl (C=O) groups is 1. The lowest BCUT2D eigenvalue weighted by Gasteiger charge is -2.20. The Bertz CT molecular complexity index is 920. The van der Waals surface area contributed by atoms with Crippen molar-refractivity contribution in [1.82, 2.24) is 0 Å². The van der Waals surface area contributed by atoms with E-state index in [1.54, 1.807) is 31.4 Å². The number of sulfonamides is 1. The summed E-state index contributed by atoms with van der Waals surface area (Å²) in [6.45, 7) is 4.49. The first-order valence-electron chi connectivity index (χ1n) is 9.12. The van der Waals surface area contributed by atoms with Crippen LogP contribution >= 0.6 is 0 Å². The summed E-state index contributed by atoms with van der Waals surface area (Å²) in [6.07, 6.45) is 1.89. The number of aldehydes is 1. The summed E-state index contributed by atoms with van der Waals surface area (Å²) in [7, 11) is -2.08. The van der Waals surface area contributed by atoms with E-state index in [-0.39, 0.29) is 10.8 Å². The van der Waals surface area contributed by atoms with Crippen LogP contribution in [0.1, 0.15) is 49.7 Å². The minimum atomic E-state index is -3.67. The number of hydrogen-bond acceptors (Lipinski definition) is 4. The molecular formula is C21H25NO4S. The van der Waals surface area contributed by atoms with Gasteiger partial charge in [-0.2, -0.15) is 0 Å². The van der Waals surface area contributed by atoms with Crippen LogP contribution in [0.4, 0.5) is 5.69 Å². The van der Waals surface area contributed by atoms with E-state index in [1.807, 2.05) is 18.2 Å². The predicted octanol–water partition coefficient (Wildman–Crippen LogP) is 4.09. The van der Waals surface area contributed by atoms with Gasteiger partial charge in [-0.3, -0.25) is 4.31 Å². The lowest BCUT2D eigenvalue weighted by Crippen LogP contribution is -2.30. The molecule has 1 aliphatic heterocycles. The summed E-state index contributed by atoms with van der Waals surface area (Å²) in [5, 5.41) is 0. The van der Waals surface area contributed by atoms with E-state index in [0.29, 0.717) is 36.7 Å². The number of rotatable bonds is 7. The summed E-state index contributed by atoms with van der Waals surface area (Å²) < 4.78 is 33.3. The molecule has 0 amide bonds. The zero-order chi connectivity index (χ0) is 19.6. The maximum atomic E-state index is 13.3. The molecule has 1 heterocycles. The molecule has 0 radical (unpaired) electrons. The van der Waals surface area contributed by atoms with E-state index in [2.05, 4.69) is 13.8 Å². The van der Waals surface area contributed by atoms with Gasteiger partial charge in [-0.15, -0.1) is 0 Å². The number of benzene rings is 2. The number of anilines is 1. The molecule has 1 atom stereocenters. The molecule has 0 saturated heterocycles. The predicted molar refractivity (Wildman–Crippen MR) is 106 cm³/mol. The number of nitrogens with zero attached hydrogens (tertiary/aromatic N) is 1. The summed E-state index contributed by atoms with van der Waals surface area (Å²) in [4.78, 5) is 11.1. The molecule has 5 nitrogen and oxygen atoms in total. The van der Waals surface area contributed by atoms with Crippen molar-refractivity contribution in [2.75, 3.05) is 18.0 Å². The Kier molecular flexibility index (Phi) is 5.56. The Morgan fingerprint density at radius 2 is 1.89 bits per heavy atom. The third-order valence-corrected chi connectivity index (χ3v) is 6.89. The van der Waals surface area contributed by atoms with E-state index >= 15 is 0 Å². The Morgan fingerprint density at radius 1 is 1.19 bits per heavy atom. The van der Waals surface area contributed by atoms with Gasteiger partial charge in [0.1, 0.15) is 12.0 Å². The standard InChI is InChI=1S/C21H25NO4S/c1-15(2)16-6-9-19(10-7-16)27(24,25)22-14-17(5-4-12-23)20-13-18(26-3)8-11-21(20)22/h6-13,15,17H,4-5,14H2,1-3H3. The molecular weight excluding hydrogens is 362 g/mol. The number of methoxy groups -OCH3 is 1. The monoisotopic (exact) mass is 387 g/mol. The fourth-order valence-corrected chi connectivity index (χ4v) is 5.04. The van der Waals surface area contributed by atoms with Gasteiger partial charge in [0.05, 0.1) is 17.7 Å². The third kappa shape index (κ3) is 3.72. The molecule has 6 heteroatoms. The average molecular weight is 388 g/mol. The molecule has 1 unspecified atom stereocenters. The molecule has 1 aliphatic rings. The topological polar surface area (TPSA) is 63.7 Å². The SMILES string of the molecule is COc1ccc2c(c1)C(CCC=O)CN2S(=O)(=O)c1ccc(C(C)C)cc1. The van der Waals surface area contributed by atoms with Gasteiger partial charge in [-0.25, -0.2) is 8.42 Å². The van der Waals surface area contributed by atoms with Gasteiger partial charge < -0.3 is 9.53 Å². The minimum absolute atomic E-state index is 0.0231.